The van der Waals surface area contributed by atoms with Crippen molar-refractivity contribution in [2.75, 3.05) is 0 Å². The van der Waals surface area contributed by atoms with Gasteiger partial charge < -0.3 is 8.83 Å². The first-order chi connectivity index (χ1) is 16.8. The van der Waals surface area contributed by atoms with Gasteiger partial charge in [-0.25, -0.2) is 13.8 Å². The van der Waals surface area contributed by atoms with Gasteiger partial charge in [0, 0.05) is 16.6 Å². The topological polar surface area (TPSA) is 105 Å². The Morgan fingerprint density at radius 2 is 1.63 bits per heavy atom. The van der Waals surface area contributed by atoms with Gasteiger partial charge in [0.1, 0.15) is 11.5 Å². The van der Waals surface area contributed by atoms with E-state index in [0.717, 1.165) is 5.56 Å². The molecule has 0 aliphatic rings. The summed E-state index contributed by atoms with van der Waals surface area (Å²) >= 11 is 11.9. The van der Waals surface area contributed by atoms with Gasteiger partial charge >= 0.3 is 5.91 Å². The van der Waals surface area contributed by atoms with E-state index in [1.165, 1.54) is 47.1 Å². The molecular weight excluding hydrogens is 513 g/mol. The number of amides is 1. The summed E-state index contributed by atoms with van der Waals surface area (Å²) in [4.78, 5) is 12.0. The predicted octanol–water partition coefficient (Wildman–Crippen LogP) is 5.33. The number of carbonyl (C=O) groups is 1. The van der Waals surface area contributed by atoms with Gasteiger partial charge in [0.05, 0.1) is 23.9 Å². The molecule has 4 rings (SSSR count). The van der Waals surface area contributed by atoms with Gasteiger partial charge in [0.2, 0.25) is 10.0 Å². The van der Waals surface area contributed by atoms with E-state index in [4.69, 9.17) is 32.0 Å². The Morgan fingerprint density at radius 3 is 2.29 bits per heavy atom. The second kappa shape index (κ2) is 10.9. The first-order valence-electron chi connectivity index (χ1n) is 10.3. The molecule has 0 unspecified atom stereocenters. The van der Waals surface area contributed by atoms with E-state index in [2.05, 4.69) is 10.5 Å². The lowest BCUT2D eigenvalue weighted by atomic mass is 10.2. The molecule has 11 heteroatoms. The predicted molar refractivity (Wildman–Crippen MR) is 132 cm³/mol. The Bertz CT molecular complexity index is 1410. The van der Waals surface area contributed by atoms with Gasteiger partial charge in [0.25, 0.3) is 0 Å². The number of hydrogen-bond donors (Lipinski definition) is 1. The number of carbonyl (C=O) groups excluding carboxylic acids is 1. The van der Waals surface area contributed by atoms with Crippen LogP contribution in [0.3, 0.4) is 0 Å². The Hall–Kier alpha value is -3.37. The molecule has 0 radical (unpaired) electrons. The number of sulfonamides is 1. The fourth-order valence-electron chi connectivity index (χ4n) is 3.11. The molecule has 0 bridgehead atoms. The van der Waals surface area contributed by atoms with Crippen LogP contribution in [0.25, 0.3) is 0 Å². The van der Waals surface area contributed by atoms with Crippen LogP contribution in [-0.4, -0.2) is 24.8 Å². The summed E-state index contributed by atoms with van der Waals surface area (Å²) in [6, 6.07) is 19.2. The van der Waals surface area contributed by atoms with E-state index < -0.39 is 15.9 Å². The van der Waals surface area contributed by atoms with Crippen LogP contribution >= 0.6 is 23.2 Å². The van der Waals surface area contributed by atoms with Crippen molar-refractivity contribution in [2.45, 2.75) is 18.0 Å². The van der Waals surface area contributed by atoms with Crippen LogP contribution in [0.5, 0.6) is 0 Å². The average molecular weight is 532 g/mol. The highest BCUT2D eigenvalue weighted by molar-refractivity contribution is 7.89. The zero-order chi connectivity index (χ0) is 24.8. The minimum absolute atomic E-state index is 0.0415. The molecule has 2 heterocycles. The molecule has 1 amide bonds. The summed E-state index contributed by atoms with van der Waals surface area (Å²) in [6.07, 6.45) is 2.69. The number of nitrogens with zero attached hydrogens (tertiary/aromatic N) is 2. The Labute approximate surface area is 211 Å². The standard InChI is InChI=1S/C24H19Cl2N3O5S/c25-18-5-3-17(4-6-18)15-29(35(31,32)22-11-7-19(26)8-12-22)16-21-10-9-20(34-21)14-27-28-24(30)23-2-1-13-33-23/h1-14H,15-16H2,(H,28,30)/b27-14-. The molecule has 0 aliphatic heterocycles. The van der Waals surface area contributed by atoms with Gasteiger partial charge in [0.15, 0.2) is 5.76 Å². The van der Waals surface area contributed by atoms with Crippen molar-refractivity contribution in [3.05, 3.63) is 112 Å². The normalized spacial score (nSPS) is 11.9. The van der Waals surface area contributed by atoms with Gasteiger partial charge in [-0.2, -0.15) is 9.41 Å². The van der Waals surface area contributed by atoms with Crippen LogP contribution in [0.2, 0.25) is 10.0 Å². The minimum atomic E-state index is -3.89. The van der Waals surface area contributed by atoms with Crippen molar-refractivity contribution in [3.8, 4) is 0 Å². The lowest BCUT2D eigenvalue weighted by Crippen LogP contribution is -2.30. The highest BCUT2D eigenvalue weighted by Gasteiger charge is 2.26. The Kier molecular flexibility index (Phi) is 7.72. The van der Waals surface area contributed by atoms with Gasteiger partial charge in [-0.05, 0) is 66.2 Å². The number of rotatable bonds is 9. The fraction of sp³-hybridized carbons (Fsp3) is 0.0833. The second-order valence-corrected chi connectivity index (χ2v) is 10.1. The summed E-state index contributed by atoms with van der Waals surface area (Å²) in [5.41, 5.74) is 3.07. The molecule has 180 valence electrons. The molecule has 0 atom stereocenters. The summed E-state index contributed by atoms with van der Waals surface area (Å²) in [6.45, 7) is 0.0473. The first-order valence-corrected chi connectivity index (χ1v) is 12.5. The fourth-order valence-corrected chi connectivity index (χ4v) is 4.76. The number of hydrogen-bond acceptors (Lipinski definition) is 6. The summed E-state index contributed by atoms with van der Waals surface area (Å²) in [5.74, 6) is 0.319. The largest absolute Gasteiger partial charge is 0.459 e. The van der Waals surface area contributed by atoms with Crippen LogP contribution in [-0.2, 0) is 23.1 Å². The smallest absolute Gasteiger partial charge is 0.307 e. The van der Waals surface area contributed by atoms with E-state index in [0.29, 0.717) is 21.6 Å². The molecule has 0 saturated heterocycles. The molecule has 1 N–H and O–H groups in total. The monoisotopic (exact) mass is 531 g/mol. The van der Waals surface area contributed by atoms with Crippen LogP contribution in [0, 0.1) is 0 Å². The third-order valence-corrected chi connectivity index (χ3v) is 7.15. The van der Waals surface area contributed by atoms with Crippen LogP contribution < -0.4 is 5.43 Å². The van der Waals surface area contributed by atoms with E-state index in [9.17, 15) is 13.2 Å². The molecule has 2 aromatic carbocycles. The lowest BCUT2D eigenvalue weighted by Gasteiger charge is -2.21. The molecule has 35 heavy (non-hydrogen) atoms. The second-order valence-electron chi connectivity index (χ2n) is 7.33. The van der Waals surface area contributed by atoms with Gasteiger partial charge in [-0.15, -0.1) is 0 Å². The number of halogens is 2. The van der Waals surface area contributed by atoms with Crippen molar-refractivity contribution in [1.29, 1.82) is 0 Å². The van der Waals surface area contributed by atoms with Crippen molar-refractivity contribution in [3.63, 3.8) is 0 Å². The van der Waals surface area contributed by atoms with Crippen molar-refractivity contribution < 1.29 is 22.0 Å². The van der Waals surface area contributed by atoms with Gasteiger partial charge in [-0.3, -0.25) is 4.79 Å². The summed E-state index contributed by atoms with van der Waals surface area (Å²) in [7, 11) is -3.89. The van der Waals surface area contributed by atoms with E-state index >= 15 is 0 Å². The number of benzene rings is 2. The zero-order valence-electron chi connectivity index (χ0n) is 18.1. The summed E-state index contributed by atoms with van der Waals surface area (Å²) in [5, 5.41) is 4.82. The first kappa shape index (κ1) is 24.7. The number of nitrogens with one attached hydrogen (secondary N) is 1. The molecule has 0 fully saturated rings. The average Bonchev–Trinajstić information content (AvgIpc) is 3.53. The molecule has 0 saturated carbocycles. The number of hydrazone groups is 1. The number of furan rings is 2. The SMILES string of the molecule is O=C(N/N=C\c1ccc(CN(Cc2ccc(Cl)cc2)S(=O)(=O)c2ccc(Cl)cc2)o1)c1ccco1. The maximum Gasteiger partial charge on any atom is 0.307 e. The van der Waals surface area contributed by atoms with Crippen molar-refractivity contribution in [2.24, 2.45) is 5.10 Å². The molecule has 4 aromatic rings. The van der Waals surface area contributed by atoms with Crippen molar-refractivity contribution in [1.82, 2.24) is 9.73 Å². The van der Waals surface area contributed by atoms with Crippen LogP contribution in [0.1, 0.15) is 27.6 Å². The quantitative estimate of drug-likeness (QED) is 0.232. The van der Waals surface area contributed by atoms with Crippen LogP contribution in [0.4, 0.5) is 0 Å². The van der Waals surface area contributed by atoms with Crippen molar-refractivity contribution >= 4 is 45.3 Å². The maximum atomic E-state index is 13.4. The molecule has 0 spiro atoms. The Balaban J connectivity index is 1.52. The van der Waals surface area contributed by atoms with E-state index in [-0.39, 0.29) is 23.7 Å². The van der Waals surface area contributed by atoms with Crippen LogP contribution in [0.15, 0.2) is 97.9 Å². The third kappa shape index (κ3) is 6.40. The highest BCUT2D eigenvalue weighted by atomic mass is 35.5. The van der Waals surface area contributed by atoms with E-state index in [1.807, 2.05) is 0 Å². The molecule has 2 aromatic heterocycles. The minimum Gasteiger partial charge on any atom is -0.459 e. The third-order valence-electron chi connectivity index (χ3n) is 4.84. The zero-order valence-corrected chi connectivity index (χ0v) is 20.4. The molecule has 0 aliphatic carbocycles. The lowest BCUT2D eigenvalue weighted by molar-refractivity contribution is 0.0927. The highest BCUT2D eigenvalue weighted by Crippen LogP contribution is 2.24. The summed E-state index contributed by atoms with van der Waals surface area (Å²) < 4.78 is 38.8. The van der Waals surface area contributed by atoms with E-state index in [1.54, 1.807) is 42.5 Å². The molecule has 8 nitrogen and oxygen atoms in total. The van der Waals surface area contributed by atoms with Gasteiger partial charge in [-0.1, -0.05) is 35.3 Å². The molecular formula is C24H19Cl2N3O5S. The Morgan fingerprint density at radius 1 is 0.943 bits per heavy atom. The maximum absolute atomic E-state index is 13.4.